The third-order valence-electron chi connectivity index (χ3n) is 5.18. The second kappa shape index (κ2) is 7.35. The molecule has 11 heteroatoms. The molecule has 2 aromatic heterocycles. The first-order chi connectivity index (χ1) is 13.1. The zero-order valence-corrected chi connectivity index (χ0v) is 14.7. The SMILES string of the molecule is Nc1ncnc2c1ncn2[C@@H]1O[C@H](C(=O)NCC2CCNCC2)[C@@H](O)[C@H]1O. The van der Waals surface area contributed by atoms with Crippen LogP contribution in [0, 0.1) is 5.92 Å². The van der Waals surface area contributed by atoms with E-state index in [9.17, 15) is 15.0 Å². The molecule has 0 radical (unpaired) electrons. The van der Waals surface area contributed by atoms with Crippen molar-refractivity contribution < 1.29 is 19.7 Å². The van der Waals surface area contributed by atoms with Crippen LogP contribution in [-0.4, -0.2) is 73.6 Å². The first-order valence-corrected chi connectivity index (χ1v) is 8.99. The molecule has 0 spiro atoms. The van der Waals surface area contributed by atoms with Crippen LogP contribution in [0.5, 0.6) is 0 Å². The minimum Gasteiger partial charge on any atom is -0.387 e. The summed E-state index contributed by atoms with van der Waals surface area (Å²) in [7, 11) is 0. The maximum atomic E-state index is 12.5. The summed E-state index contributed by atoms with van der Waals surface area (Å²) in [5.41, 5.74) is 6.49. The first kappa shape index (κ1) is 18.0. The van der Waals surface area contributed by atoms with E-state index in [0.29, 0.717) is 23.6 Å². The van der Waals surface area contributed by atoms with E-state index in [1.807, 2.05) is 0 Å². The van der Waals surface area contributed by atoms with Crippen LogP contribution < -0.4 is 16.4 Å². The number of fused-ring (bicyclic) bond motifs is 1. The summed E-state index contributed by atoms with van der Waals surface area (Å²) in [6, 6.07) is 0. The minimum absolute atomic E-state index is 0.197. The predicted molar refractivity (Wildman–Crippen MR) is 94.3 cm³/mol. The van der Waals surface area contributed by atoms with E-state index in [2.05, 4.69) is 25.6 Å². The monoisotopic (exact) mass is 377 g/mol. The Kier molecular flexibility index (Phi) is 4.91. The van der Waals surface area contributed by atoms with Gasteiger partial charge in [-0.25, -0.2) is 15.0 Å². The standard InChI is InChI=1S/C16H23N7O4/c17-13-9-14(21-6-20-13)23(7-22-9)16-11(25)10(24)12(27-16)15(26)19-5-8-1-3-18-4-2-8/h6-8,10-12,16,18,24-25H,1-5H2,(H,19,26)(H2,17,20,21)/t10-,11+,12-,16+/m0/s1. The Labute approximate surface area is 154 Å². The number of nitrogen functional groups attached to an aromatic ring is 1. The van der Waals surface area contributed by atoms with E-state index in [0.717, 1.165) is 25.9 Å². The molecule has 4 rings (SSSR count). The molecule has 0 saturated carbocycles. The smallest absolute Gasteiger partial charge is 0.252 e. The highest BCUT2D eigenvalue weighted by atomic mass is 16.6. The number of aliphatic hydroxyl groups excluding tert-OH is 2. The summed E-state index contributed by atoms with van der Waals surface area (Å²) in [6.45, 7) is 2.39. The van der Waals surface area contributed by atoms with Crippen LogP contribution in [-0.2, 0) is 9.53 Å². The van der Waals surface area contributed by atoms with Gasteiger partial charge < -0.3 is 31.3 Å². The molecule has 1 amide bonds. The fourth-order valence-electron chi connectivity index (χ4n) is 3.59. The number of hydrogen-bond acceptors (Lipinski definition) is 9. The van der Waals surface area contributed by atoms with Gasteiger partial charge in [-0.05, 0) is 31.8 Å². The van der Waals surface area contributed by atoms with Gasteiger partial charge in [0.15, 0.2) is 23.8 Å². The van der Waals surface area contributed by atoms with Gasteiger partial charge in [0.25, 0.3) is 5.91 Å². The van der Waals surface area contributed by atoms with Gasteiger partial charge in [-0.1, -0.05) is 0 Å². The summed E-state index contributed by atoms with van der Waals surface area (Å²) in [5, 5.41) is 26.8. The molecule has 2 aliphatic rings. The van der Waals surface area contributed by atoms with E-state index in [1.54, 1.807) is 0 Å². The second-order valence-electron chi connectivity index (χ2n) is 6.95. The van der Waals surface area contributed by atoms with E-state index in [4.69, 9.17) is 10.5 Å². The largest absolute Gasteiger partial charge is 0.387 e. The molecule has 0 unspecified atom stereocenters. The average Bonchev–Trinajstić information content (AvgIpc) is 3.23. The molecule has 27 heavy (non-hydrogen) atoms. The van der Waals surface area contributed by atoms with Gasteiger partial charge in [0.05, 0.1) is 6.33 Å². The molecule has 2 saturated heterocycles. The van der Waals surface area contributed by atoms with Crippen LogP contribution in [0.25, 0.3) is 11.2 Å². The maximum absolute atomic E-state index is 12.5. The Morgan fingerprint density at radius 2 is 2.07 bits per heavy atom. The highest BCUT2D eigenvalue weighted by Crippen LogP contribution is 2.32. The average molecular weight is 377 g/mol. The van der Waals surface area contributed by atoms with Gasteiger partial charge >= 0.3 is 0 Å². The molecule has 0 bridgehead atoms. The number of imidazole rings is 1. The maximum Gasteiger partial charge on any atom is 0.252 e. The summed E-state index contributed by atoms with van der Waals surface area (Å²) in [5.74, 6) is 0.149. The number of anilines is 1. The van der Waals surface area contributed by atoms with E-state index in [1.165, 1.54) is 17.2 Å². The lowest BCUT2D eigenvalue weighted by Crippen LogP contribution is -2.45. The Balaban J connectivity index is 1.47. The Morgan fingerprint density at radius 3 is 2.85 bits per heavy atom. The molecule has 0 aromatic carbocycles. The summed E-state index contributed by atoms with van der Waals surface area (Å²) >= 11 is 0. The number of carbonyl (C=O) groups excluding carboxylic acids is 1. The quantitative estimate of drug-likeness (QED) is 0.412. The Hall–Kier alpha value is -2.34. The first-order valence-electron chi connectivity index (χ1n) is 8.99. The molecular weight excluding hydrogens is 354 g/mol. The van der Waals surface area contributed by atoms with Crippen molar-refractivity contribution in [1.29, 1.82) is 0 Å². The van der Waals surface area contributed by atoms with E-state index in [-0.39, 0.29) is 5.82 Å². The van der Waals surface area contributed by atoms with Gasteiger partial charge in [0.1, 0.15) is 24.1 Å². The fourth-order valence-corrected chi connectivity index (χ4v) is 3.59. The number of nitrogens with zero attached hydrogens (tertiary/aromatic N) is 4. The number of aromatic nitrogens is 4. The molecule has 11 nitrogen and oxygen atoms in total. The predicted octanol–water partition coefficient (Wildman–Crippen LogP) is -1.86. The third kappa shape index (κ3) is 3.34. The van der Waals surface area contributed by atoms with Crippen LogP contribution >= 0.6 is 0 Å². The molecule has 2 aliphatic heterocycles. The Bertz CT molecular complexity index is 822. The zero-order chi connectivity index (χ0) is 19.0. The molecular formula is C16H23N7O4. The fraction of sp³-hybridized carbons (Fsp3) is 0.625. The van der Waals surface area contributed by atoms with Gasteiger partial charge in [0.2, 0.25) is 0 Å². The van der Waals surface area contributed by atoms with Gasteiger partial charge in [0, 0.05) is 6.54 Å². The van der Waals surface area contributed by atoms with Crippen LogP contribution in [0.3, 0.4) is 0 Å². The van der Waals surface area contributed by atoms with E-state index < -0.39 is 30.4 Å². The molecule has 4 heterocycles. The number of rotatable bonds is 4. The second-order valence-corrected chi connectivity index (χ2v) is 6.95. The number of amides is 1. The van der Waals surface area contributed by atoms with Crippen LogP contribution in [0.1, 0.15) is 19.1 Å². The van der Waals surface area contributed by atoms with Gasteiger partial charge in [-0.3, -0.25) is 9.36 Å². The molecule has 146 valence electrons. The Morgan fingerprint density at radius 1 is 1.30 bits per heavy atom. The van der Waals surface area contributed by atoms with Crippen molar-refractivity contribution in [1.82, 2.24) is 30.2 Å². The number of aliphatic hydroxyl groups is 2. The van der Waals surface area contributed by atoms with Crippen molar-refractivity contribution in [3.05, 3.63) is 12.7 Å². The van der Waals surface area contributed by atoms with Crippen LogP contribution in [0.2, 0.25) is 0 Å². The summed E-state index contributed by atoms with van der Waals surface area (Å²) in [4.78, 5) is 24.6. The highest BCUT2D eigenvalue weighted by Gasteiger charge is 2.47. The summed E-state index contributed by atoms with van der Waals surface area (Å²) < 4.78 is 7.12. The zero-order valence-electron chi connectivity index (χ0n) is 14.7. The molecule has 2 aromatic rings. The van der Waals surface area contributed by atoms with Crippen molar-refractivity contribution in [2.24, 2.45) is 5.92 Å². The topological polar surface area (TPSA) is 160 Å². The minimum atomic E-state index is -1.36. The molecule has 0 aliphatic carbocycles. The highest BCUT2D eigenvalue weighted by molar-refractivity contribution is 5.82. The van der Waals surface area contributed by atoms with Crippen molar-refractivity contribution >= 4 is 22.9 Å². The van der Waals surface area contributed by atoms with Gasteiger partial charge in [-0.15, -0.1) is 0 Å². The van der Waals surface area contributed by atoms with Crippen molar-refractivity contribution in [2.75, 3.05) is 25.4 Å². The van der Waals surface area contributed by atoms with Gasteiger partial charge in [-0.2, -0.15) is 0 Å². The van der Waals surface area contributed by atoms with Crippen LogP contribution in [0.15, 0.2) is 12.7 Å². The lowest BCUT2D eigenvalue weighted by molar-refractivity contribution is -0.137. The number of piperidine rings is 1. The van der Waals surface area contributed by atoms with Crippen LogP contribution in [0.4, 0.5) is 5.82 Å². The number of nitrogens with two attached hydrogens (primary N) is 1. The third-order valence-corrected chi connectivity index (χ3v) is 5.18. The number of carbonyl (C=O) groups is 1. The van der Waals surface area contributed by atoms with Crippen molar-refractivity contribution in [3.8, 4) is 0 Å². The number of ether oxygens (including phenoxy) is 1. The molecule has 2 fully saturated rings. The van der Waals surface area contributed by atoms with Crippen molar-refractivity contribution in [2.45, 2.75) is 37.4 Å². The lowest BCUT2D eigenvalue weighted by atomic mass is 9.98. The summed E-state index contributed by atoms with van der Waals surface area (Å²) in [6.07, 6.45) is -0.212. The number of nitrogens with one attached hydrogen (secondary N) is 2. The lowest BCUT2D eigenvalue weighted by Gasteiger charge is -2.23. The molecule has 4 atom stereocenters. The number of hydrogen-bond donors (Lipinski definition) is 5. The molecule has 6 N–H and O–H groups in total. The normalized spacial score (nSPS) is 29.3. The van der Waals surface area contributed by atoms with E-state index >= 15 is 0 Å². The van der Waals surface area contributed by atoms with Crippen molar-refractivity contribution in [3.63, 3.8) is 0 Å².